The molecule has 112 valence electrons. The molecule has 0 bridgehead atoms. The molecule has 8 heteroatoms. The van der Waals surface area contributed by atoms with Gasteiger partial charge in [-0.2, -0.15) is 0 Å². The predicted octanol–water partition coefficient (Wildman–Crippen LogP) is 3.84. The van der Waals surface area contributed by atoms with Crippen molar-refractivity contribution in [2.24, 2.45) is 0 Å². The number of halogens is 1. The van der Waals surface area contributed by atoms with Crippen molar-refractivity contribution < 1.29 is 9.45 Å². The highest BCUT2D eigenvalue weighted by Crippen LogP contribution is 2.33. The average Bonchev–Trinajstić information content (AvgIpc) is 2.74. The Balaban J connectivity index is 2.32. The lowest BCUT2D eigenvalue weighted by molar-refractivity contribution is -0.385. The average molecular weight is 355 g/mol. The van der Waals surface area contributed by atoms with E-state index in [4.69, 9.17) is 4.52 Å². The minimum absolute atomic E-state index is 0.0163. The number of nitrogens with zero attached hydrogens (tertiary/aromatic N) is 3. The Labute approximate surface area is 130 Å². The van der Waals surface area contributed by atoms with Crippen LogP contribution in [0.2, 0.25) is 0 Å². The summed E-state index contributed by atoms with van der Waals surface area (Å²) in [5, 5.41) is 18.0. The quantitative estimate of drug-likeness (QED) is 0.662. The van der Waals surface area contributed by atoms with Crippen LogP contribution in [0.15, 0.2) is 15.2 Å². The standard InChI is InChI=1S/C13H15BrN4O3/c1-6-10(18(19)20)5-15-13(12(6)14)16-7(2)11-8(3)17-21-9(11)4/h5,7H,1-4H3,(H,15,16). The highest BCUT2D eigenvalue weighted by molar-refractivity contribution is 9.10. The zero-order chi connectivity index (χ0) is 15.7. The maximum Gasteiger partial charge on any atom is 0.291 e. The Morgan fingerprint density at radius 3 is 2.62 bits per heavy atom. The smallest absolute Gasteiger partial charge is 0.291 e. The molecule has 2 aromatic heterocycles. The number of nitrogens with one attached hydrogen (secondary N) is 1. The Morgan fingerprint density at radius 2 is 2.10 bits per heavy atom. The summed E-state index contributed by atoms with van der Waals surface area (Å²) in [7, 11) is 0. The van der Waals surface area contributed by atoms with Crippen molar-refractivity contribution in [3.05, 3.63) is 43.4 Å². The van der Waals surface area contributed by atoms with E-state index in [1.807, 2.05) is 20.8 Å². The predicted molar refractivity (Wildman–Crippen MR) is 81.3 cm³/mol. The molecule has 0 aliphatic heterocycles. The van der Waals surface area contributed by atoms with Crippen molar-refractivity contribution in [2.75, 3.05) is 5.32 Å². The Hall–Kier alpha value is -1.96. The van der Waals surface area contributed by atoms with Gasteiger partial charge in [0.1, 0.15) is 17.8 Å². The van der Waals surface area contributed by atoms with Crippen LogP contribution in [0.1, 0.15) is 35.5 Å². The third kappa shape index (κ3) is 2.90. The second-order valence-electron chi connectivity index (χ2n) is 4.79. The molecule has 2 aromatic rings. The Kier molecular flexibility index (Phi) is 4.26. The molecule has 0 aliphatic rings. The fraction of sp³-hybridized carbons (Fsp3) is 0.385. The van der Waals surface area contributed by atoms with Gasteiger partial charge >= 0.3 is 0 Å². The van der Waals surface area contributed by atoms with Crippen molar-refractivity contribution in [1.82, 2.24) is 10.1 Å². The number of rotatable bonds is 4. The molecule has 0 spiro atoms. The maximum atomic E-state index is 10.9. The van der Waals surface area contributed by atoms with Gasteiger partial charge in [0.15, 0.2) is 0 Å². The molecular weight excluding hydrogens is 340 g/mol. The fourth-order valence-electron chi connectivity index (χ4n) is 2.24. The van der Waals surface area contributed by atoms with Gasteiger partial charge in [-0.05, 0) is 43.6 Å². The van der Waals surface area contributed by atoms with Crippen LogP contribution in [0.25, 0.3) is 0 Å². The summed E-state index contributed by atoms with van der Waals surface area (Å²) < 4.78 is 5.73. The van der Waals surface area contributed by atoms with Gasteiger partial charge in [-0.1, -0.05) is 5.16 Å². The van der Waals surface area contributed by atoms with Gasteiger partial charge < -0.3 is 9.84 Å². The Morgan fingerprint density at radius 1 is 1.43 bits per heavy atom. The maximum absolute atomic E-state index is 10.9. The first kappa shape index (κ1) is 15.4. The summed E-state index contributed by atoms with van der Waals surface area (Å²) in [4.78, 5) is 14.6. The van der Waals surface area contributed by atoms with Crippen LogP contribution >= 0.6 is 15.9 Å². The van der Waals surface area contributed by atoms with Crippen molar-refractivity contribution in [1.29, 1.82) is 0 Å². The van der Waals surface area contributed by atoms with E-state index in [0.29, 0.717) is 15.9 Å². The molecule has 0 saturated heterocycles. The van der Waals surface area contributed by atoms with E-state index >= 15 is 0 Å². The van der Waals surface area contributed by atoms with Crippen LogP contribution in [0.5, 0.6) is 0 Å². The minimum Gasteiger partial charge on any atom is -0.362 e. The fourth-order valence-corrected chi connectivity index (χ4v) is 2.66. The molecular formula is C13H15BrN4O3. The number of aromatic nitrogens is 2. The van der Waals surface area contributed by atoms with E-state index in [0.717, 1.165) is 17.0 Å². The van der Waals surface area contributed by atoms with Gasteiger partial charge in [0.25, 0.3) is 5.69 Å². The topological polar surface area (TPSA) is 94.1 Å². The van der Waals surface area contributed by atoms with Crippen molar-refractivity contribution in [3.63, 3.8) is 0 Å². The van der Waals surface area contributed by atoms with Crippen LogP contribution in [0, 0.1) is 30.9 Å². The van der Waals surface area contributed by atoms with Crippen LogP contribution in [-0.2, 0) is 0 Å². The van der Waals surface area contributed by atoms with E-state index in [9.17, 15) is 10.1 Å². The largest absolute Gasteiger partial charge is 0.362 e. The molecule has 1 unspecified atom stereocenters. The molecule has 0 aliphatic carbocycles. The first-order chi connectivity index (χ1) is 9.82. The van der Waals surface area contributed by atoms with Gasteiger partial charge in [0.2, 0.25) is 0 Å². The number of hydrogen-bond donors (Lipinski definition) is 1. The summed E-state index contributed by atoms with van der Waals surface area (Å²) in [6.07, 6.45) is 1.25. The van der Waals surface area contributed by atoms with Gasteiger partial charge in [0, 0.05) is 11.1 Å². The third-order valence-corrected chi connectivity index (χ3v) is 4.28. The first-order valence-electron chi connectivity index (χ1n) is 6.31. The number of hydrogen-bond acceptors (Lipinski definition) is 6. The second-order valence-corrected chi connectivity index (χ2v) is 5.59. The molecule has 2 heterocycles. The molecule has 0 aromatic carbocycles. The first-order valence-corrected chi connectivity index (χ1v) is 7.11. The number of aryl methyl sites for hydroxylation is 2. The number of nitro groups is 1. The highest BCUT2D eigenvalue weighted by atomic mass is 79.9. The van der Waals surface area contributed by atoms with E-state index in [1.165, 1.54) is 6.20 Å². The SMILES string of the molecule is Cc1noc(C)c1C(C)Nc1ncc([N+](=O)[O-])c(C)c1Br. The third-order valence-electron chi connectivity index (χ3n) is 3.31. The molecule has 7 nitrogen and oxygen atoms in total. The summed E-state index contributed by atoms with van der Waals surface area (Å²) >= 11 is 3.36. The number of pyridine rings is 1. The summed E-state index contributed by atoms with van der Waals surface area (Å²) in [6, 6.07) is -0.0825. The van der Waals surface area contributed by atoms with Crippen LogP contribution < -0.4 is 5.32 Å². The van der Waals surface area contributed by atoms with E-state index in [1.54, 1.807) is 6.92 Å². The summed E-state index contributed by atoms with van der Waals surface area (Å²) in [5.41, 5.74) is 2.28. The molecule has 1 atom stereocenters. The molecule has 0 radical (unpaired) electrons. The van der Waals surface area contributed by atoms with Gasteiger partial charge in [-0.25, -0.2) is 4.98 Å². The Bertz CT molecular complexity index is 679. The van der Waals surface area contributed by atoms with Gasteiger partial charge in [-0.15, -0.1) is 0 Å². The molecule has 1 N–H and O–H groups in total. The van der Waals surface area contributed by atoms with Crippen LogP contribution in [-0.4, -0.2) is 15.1 Å². The molecule has 0 saturated carbocycles. The monoisotopic (exact) mass is 354 g/mol. The van der Waals surface area contributed by atoms with Crippen molar-refractivity contribution in [3.8, 4) is 0 Å². The molecule has 21 heavy (non-hydrogen) atoms. The van der Waals surface area contributed by atoms with Gasteiger partial charge in [0.05, 0.1) is 21.1 Å². The number of anilines is 1. The van der Waals surface area contributed by atoms with Gasteiger partial charge in [-0.3, -0.25) is 10.1 Å². The highest BCUT2D eigenvalue weighted by Gasteiger charge is 2.21. The lowest BCUT2D eigenvalue weighted by atomic mass is 10.1. The van der Waals surface area contributed by atoms with Crippen LogP contribution in [0.3, 0.4) is 0 Å². The zero-order valence-electron chi connectivity index (χ0n) is 12.1. The van der Waals surface area contributed by atoms with Crippen LogP contribution in [0.4, 0.5) is 11.5 Å². The van der Waals surface area contributed by atoms with E-state index in [-0.39, 0.29) is 11.7 Å². The summed E-state index contributed by atoms with van der Waals surface area (Å²) in [5.74, 6) is 1.29. The second kappa shape index (κ2) is 5.80. The summed E-state index contributed by atoms with van der Waals surface area (Å²) in [6.45, 7) is 7.34. The van der Waals surface area contributed by atoms with E-state index < -0.39 is 4.92 Å². The minimum atomic E-state index is -0.450. The zero-order valence-corrected chi connectivity index (χ0v) is 13.7. The van der Waals surface area contributed by atoms with Crippen molar-refractivity contribution in [2.45, 2.75) is 33.7 Å². The molecule has 0 fully saturated rings. The lowest BCUT2D eigenvalue weighted by Crippen LogP contribution is -2.11. The normalized spacial score (nSPS) is 12.2. The molecule has 2 rings (SSSR count). The molecule has 0 amide bonds. The van der Waals surface area contributed by atoms with Crippen molar-refractivity contribution >= 4 is 27.4 Å². The lowest BCUT2D eigenvalue weighted by Gasteiger charge is -2.16. The van der Waals surface area contributed by atoms with E-state index in [2.05, 4.69) is 31.4 Å².